The van der Waals surface area contributed by atoms with Crippen molar-refractivity contribution in [2.75, 3.05) is 17.6 Å². The van der Waals surface area contributed by atoms with Crippen LogP contribution in [0.25, 0.3) is 0 Å². The molecule has 1 N–H and O–H groups in total. The number of benzene rings is 2. The third-order valence-corrected chi connectivity index (χ3v) is 3.53. The van der Waals surface area contributed by atoms with Gasteiger partial charge in [0, 0.05) is 35.0 Å². The van der Waals surface area contributed by atoms with Gasteiger partial charge >= 0.3 is 0 Å². The summed E-state index contributed by atoms with van der Waals surface area (Å²) in [5.41, 5.74) is 1.02. The molecule has 4 nitrogen and oxygen atoms in total. The summed E-state index contributed by atoms with van der Waals surface area (Å²) in [6, 6.07) is 16.7. The highest BCUT2D eigenvalue weighted by atomic mass is 32.2. The fourth-order valence-electron chi connectivity index (χ4n) is 1.58. The molecule has 0 aromatic heterocycles. The molecular weight excluding hydrogens is 260 g/mol. The quantitative estimate of drug-likeness (QED) is 0.377. The summed E-state index contributed by atoms with van der Waals surface area (Å²) in [5, 5.41) is 13.7. The van der Waals surface area contributed by atoms with Crippen LogP contribution in [0.4, 0.5) is 11.4 Å². The molecule has 0 aliphatic rings. The smallest absolute Gasteiger partial charge is 0.269 e. The lowest BCUT2D eigenvalue weighted by atomic mass is 10.3. The molecule has 0 aliphatic carbocycles. The number of anilines is 1. The molecule has 2 aromatic rings. The van der Waals surface area contributed by atoms with Gasteiger partial charge in [-0.3, -0.25) is 10.1 Å². The average molecular weight is 274 g/mol. The van der Waals surface area contributed by atoms with Gasteiger partial charge in [0.05, 0.1) is 4.92 Å². The molecule has 19 heavy (non-hydrogen) atoms. The predicted molar refractivity (Wildman–Crippen MR) is 78.8 cm³/mol. The lowest BCUT2D eigenvalue weighted by Gasteiger charge is -2.05. The van der Waals surface area contributed by atoms with Gasteiger partial charge in [-0.05, 0) is 24.3 Å². The van der Waals surface area contributed by atoms with E-state index in [9.17, 15) is 10.1 Å². The molecule has 0 heterocycles. The number of nitrogens with zero attached hydrogens (tertiary/aromatic N) is 1. The maximum atomic E-state index is 10.5. The molecule has 0 amide bonds. The molecule has 0 unspecified atom stereocenters. The normalized spacial score (nSPS) is 10.1. The van der Waals surface area contributed by atoms with Gasteiger partial charge in [-0.1, -0.05) is 18.2 Å². The number of hydrogen-bond donors (Lipinski definition) is 1. The van der Waals surface area contributed by atoms with Gasteiger partial charge in [0.15, 0.2) is 0 Å². The van der Waals surface area contributed by atoms with E-state index in [-0.39, 0.29) is 5.69 Å². The van der Waals surface area contributed by atoms with E-state index >= 15 is 0 Å². The first-order valence-corrected chi connectivity index (χ1v) is 6.90. The Bertz CT molecular complexity index is 529. The number of rotatable bonds is 6. The highest BCUT2D eigenvalue weighted by Crippen LogP contribution is 2.18. The Kier molecular flexibility index (Phi) is 4.80. The van der Waals surface area contributed by atoms with Crippen LogP contribution in [0.1, 0.15) is 0 Å². The van der Waals surface area contributed by atoms with Crippen molar-refractivity contribution in [1.82, 2.24) is 0 Å². The number of non-ortho nitro benzene ring substituents is 1. The first-order valence-electron chi connectivity index (χ1n) is 5.92. The molecule has 0 saturated carbocycles. The van der Waals surface area contributed by atoms with Crippen molar-refractivity contribution in [2.24, 2.45) is 0 Å². The molecule has 98 valence electrons. The van der Waals surface area contributed by atoms with Crippen LogP contribution in [0.3, 0.4) is 0 Å². The van der Waals surface area contributed by atoms with Crippen molar-refractivity contribution in [3.8, 4) is 0 Å². The zero-order valence-corrected chi connectivity index (χ0v) is 11.1. The Balaban J connectivity index is 1.75. The maximum Gasteiger partial charge on any atom is 0.269 e. The minimum atomic E-state index is -0.394. The number of nitrogens with one attached hydrogen (secondary N) is 1. The average Bonchev–Trinajstić information content (AvgIpc) is 2.45. The molecule has 0 fully saturated rings. The van der Waals surface area contributed by atoms with Crippen LogP contribution in [0.15, 0.2) is 59.5 Å². The van der Waals surface area contributed by atoms with Crippen LogP contribution in [0.2, 0.25) is 0 Å². The van der Waals surface area contributed by atoms with Gasteiger partial charge in [-0.25, -0.2) is 0 Å². The summed E-state index contributed by atoms with van der Waals surface area (Å²) in [4.78, 5) is 11.4. The van der Waals surface area contributed by atoms with Crippen molar-refractivity contribution in [2.45, 2.75) is 4.90 Å². The maximum absolute atomic E-state index is 10.5. The molecule has 0 spiro atoms. The standard InChI is InChI=1S/C14H14N2O2S/c17-16(18)13-8-6-12(7-9-13)15-10-11-19-14-4-2-1-3-5-14/h1-9,15H,10-11H2. The summed E-state index contributed by atoms with van der Waals surface area (Å²) in [6.07, 6.45) is 0. The van der Waals surface area contributed by atoms with Gasteiger partial charge in [0.2, 0.25) is 0 Å². The number of hydrogen-bond acceptors (Lipinski definition) is 4. The molecule has 0 saturated heterocycles. The van der Waals surface area contributed by atoms with Crippen molar-refractivity contribution in [3.05, 3.63) is 64.7 Å². The summed E-state index contributed by atoms with van der Waals surface area (Å²) in [7, 11) is 0. The zero-order chi connectivity index (χ0) is 13.5. The third kappa shape index (κ3) is 4.30. The molecular formula is C14H14N2O2S. The Hall–Kier alpha value is -2.01. The molecule has 2 aromatic carbocycles. The second-order valence-electron chi connectivity index (χ2n) is 3.89. The van der Waals surface area contributed by atoms with Crippen LogP contribution in [-0.2, 0) is 0 Å². The Morgan fingerprint density at radius 3 is 2.37 bits per heavy atom. The van der Waals surface area contributed by atoms with E-state index in [1.54, 1.807) is 23.9 Å². The Morgan fingerprint density at radius 2 is 1.74 bits per heavy atom. The topological polar surface area (TPSA) is 55.2 Å². The van der Waals surface area contributed by atoms with E-state index in [1.807, 2.05) is 18.2 Å². The van der Waals surface area contributed by atoms with Gasteiger partial charge in [0.1, 0.15) is 0 Å². The van der Waals surface area contributed by atoms with E-state index in [0.717, 1.165) is 18.0 Å². The monoisotopic (exact) mass is 274 g/mol. The van der Waals surface area contributed by atoms with E-state index in [1.165, 1.54) is 17.0 Å². The van der Waals surface area contributed by atoms with E-state index in [0.29, 0.717) is 0 Å². The first-order chi connectivity index (χ1) is 9.25. The second-order valence-corrected chi connectivity index (χ2v) is 5.06. The number of nitro groups is 1. The minimum absolute atomic E-state index is 0.115. The zero-order valence-electron chi connectivity index (χ0n) is 10.3. The number of thioether (sulfide) groups is 1. The van der Waals surface area contributed by atoms with Gasteiger partial charge < -0.3 is 5.32 Å². The molecule has 0 bridgehead atoms. The van der Waals surface area contributed by atoms with Crippen LogP contribution >= 0.6 is 11.8 Å². The summed E-state index contributed by atoms with van der Waals surface area (Å²) in [6.45, 7) is 0.817. The molecule has 0 atom stereocenters. The lowest BCUT2D eigenvalue weighted by Crippen LogP contribution is -2.03. The van der Waals surface area contributed by atoms with Gasteiger partial charge in [-0.2, -0.15) is 0 Å². The Morgan fingerprint density at radius 1 is 1.05 bits per heavy atom. The second kappa shape index (κ2) is 6.80. The van der Waals surface area contributed by atoms with E-state index in [4.69, 9.17) is 0 Å². The van der Waals surface area contributed by atoms with Gasteiger partial charge in [-0.15, -0.1) is 11.8 Å². The highest BCUT2D eigenvalue weighted by molar-refractivity contribution is 7.99. The van der Waals surface area contributed by atoms with E-state index < -0.39 is 4.92 Å². The van der Waals surface area contributed by atoms with Crippen molar-refractivity contribution in [3.63, 3.8) is 0 Å². The number of nitro benzene ring substituents is 1. The SMILES string of the molecule is O=[N+]([O-])c1ccc(NCCSc2ccccc2)cc1. The van der Waals surface area contributed by atoms with Crippen molar-refractivity contribution in [1.29, 1.82) is 0 Å². The van der Waals surface area contributed by atoms with Crippen LogP contribution in [-0.4, -0.2) is 17.2 Å². The third-order valence-electron chi connectivity index (χ3n) is 2.52. The fourth-order valence-corrected chi connectivity index (χ4v) is 2.37. The van der Waals surface area contributed by atoms with Crippen LogP contribution in [0.5, 0.6) is 0 Å². The summed E-state index contributed by atoms with van der Waals surface area (Å²) < 4.78 is 0. The molecule has 0 radical (unpaired) electrons. The highest BCUT2D eigenvalue weighted by Gasteiger charge is 2.03. The van der Waals surface area contributed by atoms with E-state index in [2.05, 4.69) is 17.4 Å². The summed E-state index contributed by atoms with van der Waals surface area (Å²) >= 11 is 1.78. The van der Waals surface area contributed by atoms with Crippen molar-refractivity contribution >= 4 is 23.1 Å². The van der Waals surface area contributed by atoms with Gasteiger partial charge in [0.25, 0.3) is 5.69 Å². The molecule has 0 aliphatic heterocycles. The summed E-state index contributed by atoms with van der Waals surface area (Å²) in [5.74, 6) is 0.945. The predicted octanol–water partition coefficient (Wildman–Crippen LogP) is 3.80. The molecule has 5 heteroatoms. The Labute approximate surface area is 116 Å². The first kappa shape index (κ1) is 13.4. The largest absolute Gasteiger partial charge is 0.384 e. The molecule has 2 rings (SSSR count). The fraction of sp³-hybridized carbons (Fsp3) is 0.143. The van der Waals surface area contributed by atoms with Crippen LogP contribution < -0.4 is 5.32 Å². The van der Waals surface area contributed by atoms with Crippen LogP contribution in [0, 0.1) is 10.1 Å². The lowest BCUT2D eigenvalue weighted by molar-refractivity contribution is -0.384. The minimum Gasteiger partial charge on any atom is -0.384 e. The van der Waals surface area contributed by atoms with Crippen molar-refractivity contribution < 1.29 is 4.92 Å².